The average molecular weight is 453 g/mol. The standard InChI is InChI=1S/C20H22Cl2N4O2S/c1-3-6-19-24-25-20(29)26(19)23-11-14-9-17(27-2)18(10-16(14)22)28-12-13-7-4-5-8-15(13)21/h4-5,7-10,23H,3,6,11-12H2,1-2H3,(H,25,29). The summed E-state index contributed by atoms with van der Waals surface area (Å²) >= 11 is 18.0. The van der Waals surface area contributed by atoms with Gasteiger partial charge in [0.05, 0.1) is 13.7 Å². The van der Waals surface area contributed by atoms with Crippen LogP contribution in [0.3, 0.4) is 0 Å². The van der Waals surface area contributed by atoms with E-state index in [-0.39, 0.29) is 0 Å². The summed E-state index contributed by atoms with van der Waals surface area (Å²) < 4.78 is 13.7. The van der Waals surface area contributed by atoms with Crippen LogP contribution in [0.1, 0.15) is 30.3 Å². The van der Waals surface area contributed by atoms with Gasteiger partial charge in [0.1, 0.15) is 6.61 Å². The predicted octanol–water partition coefficient (Wildman–Crippen LogP) is 5.53. The van der Waals surface area contributed by atoms with Gasteiger partial charge in [-0.15, -0.1) is 0 Å². The molecule has 3 aromatic rings. The molecule has 0 amide bonds. The third-order valence-corrected chi connectivity index (χ3v) is 5.31. The molecule has 0 radical (unpaired) electrons. The van der Waals surface area contributed by atoms with Crippen molar-refractivity contribution in [2.24, 2.45) is 0 Å². The van der Waals surface area contributed by atoms with Gasteiger partial charge >= 0.3 is 0 Å². The van der Waals surface area contributed by atoms with E-state index in [2.05, 4.69) is 22.5 Å². The minimum atomic E-state index is 0.314. The molecule has 0 saturated heterocycles. The largest absolute Gasteiger partial charge is 0.493 e. The molecule has 0 fully saturated rings. The molecule has 9 heteroatoms. The molecule has 0 aliphatic heterocycles. The van der Waals surface area contributed by atoms with E-state index in [0.29, 0.717) is 39.5 Å². The minimum Gasteiger partial charge on any atom is -0.493 e. The van der Waals surface area contributed by atoms with Crippen LogP contribution in [0, 0.1) is 4.77 Å². The van der Waals surface area contributed by atoms with Gasteiger partial charge in [0.2, 0.25) is 4.77 Å². The Labute approximate surface area is 184 Å². The number of hydrogen-bond donors (Lipinski definition) is 2. The molecule has 6 nitrogen and oxygen atoms in total. The number of nitrogens with one attached hydrogen (secondary N) is 2. The van der Waals surface area contributed by atoms with Gasteiger partial charge in [-0.25, -0.2) is 4.68 Å². The van der Waals surface area contributed by atoms with E-state index in [1.807, 2.05) is 30.3 Å². The lowest BCUT2D eigenvalue weighted by atomic mass is 10.2. The highest BCUT2D eigenvalue weighted by Gasteiger charge is 2.13. The van der Waals surface area contributed by atoms with Crippen molar-refractivity contribution in [1.29, 1.82) is 0 Å². The van der Waals surface area contributed by atoms with Crippen molar-refractivity contribution in [2.45, 2.75) is 32.9 Å². The molecule has 3 rings (SSSR count). The number of rotatable bonds is 9. The van der Waals surface area contributed by atoms with Crippen molar-refractivity contribution in [1.82, 2.24) is 14.9 Å². The van der Waals surface area contributed by atoms with E-state index in [1.54, 1.807) is 17.9 Å². The van der Waals surface area contributed by atoms with Gasteiger partial charge in [0.15, 0.2) is 17.3 Å². The fraction of sp³-hybridized carbons (Fsp3) is 0.300. The van der Waals surface area contributed by atoms with E-state index in [4.69, 9.17) is 44.9 Å². The SMILES string of the molecule is CCCc1n[nH]c(=S)n1NCc1cc(OC)c(OCc2ccccc2Cl)cc1Cl. The normalized spacial score (nSPS) is 10.8. The van der Waals surface area contributed by atoms with Crippen LogP contribution in [-0.4, -0.2) is 22.0 Å². The second-order valence-corrected chi connectivity index (χ2v) is 7.54. The summed E-state index contributed by atoms with van der Waals surface area (Å²) in [6, 6.07) is 11.1. The monoisotopic (exact) mass is 452 g/mol. The first-order chi connectivity index (χ1) is 14.0. The van der Waals surface area contributed by atoms with Gasteiger partial charge in [-0.3, -0.25) is 5.10 Å². The zero-order chi connectivity index (χ0) is 20.8. The van der Waals surface area contributed by atoms with Gasteiger partial charge in [0, 0.05) is 28.1 Å². The Morgan fingerprint density at radius 2 is 1.93 bits per heavy atom. The van der Waals surface area contributed by atoms with E-state index in [0.717, 1.165) is 29.8 Å². The molecular weight excluding hydrogens is 431 g/mol. The number of ether oxygens (including phenoxy) is 2. The van der Waals surface area contributed by atoms with Crippen LogP contribution in [0.15, 0.2) is 36.4 Å². The predicted molar refractivity (Wildman–Crippen MR) is 118 cm³/mol. The molecule has 2 aromatic carbocycles. The maximum atomic E-state index is 6.49. The molecule has 0 bridgehead atoms. The smallest absolute Gasteiger partial charge is 0.214 e. The van der Waals surface area contributed by atoms with Gasteiger partial charge < -0.3 is 14.9 Å². The lowest BCUT2D eigenvalue weighted by Gasteiger charge is -2.15. The molecule has 1 heterocycles. The molecule has 2 N–H and O–H groups in total. The van der Waals surface area contributed by atoms with Crippen LogP contribution in [0.2, 0.25) is 10.0 Å². The van der Waals surface area contributed by atoms with E-state index in [9.17, 15) is 0 Å². The quantitative estimate of drug-likeness (QED) is 0.417. The summed E-state index contributed by atoms with van der Waals surface area (Å²) in [5.41, 5.74) is 4.99. The number of aromatic amines is 1. The van der Waals surface area contributed by atoms with Crippen molar-refractivity contribution < 1.29 is 9.47 Å². The fourth-order valence-corrected chi connectivity index (χ4v) is 3.43. The summed E-state index contributed by atoms with van der Waals surface area (Å²) in [5, 5.41) is 8.26. The molecule has 0 spiro atoms. The lowest BCUT2D eigenvalue weighted by Crippen LogP contribution is -2.18. The summed E-state index contributed by atoms with van der Waals surface area (Å²) in [7, 11) is 1.59. The summed E-state index contributed by atoms with van der Waals surface area (Å²) in [4.78, 5) is 0. The molecule has 29 heavy (non-hydrogen) atoms. The third kappa shape index (κ3) is 5.23. The second kappa shape index (κ2) is 10.0. The molecule has 1 aromatic heterocycles. The first kappa shape index (κ1) is 21.5. The van der Waals surface area contributed by atoms with E-state index >= 15 is 0 Å². The second-order valence-electron chi connectivity index (χ2n) is 6.34. The molecule has 0 aliphatic carbocycles. The van der Waals surface area contributed by atoms with Crippen LogP contribution < -0.4 is 14.9 Å². The van der Waals surface area contributed by atoms with Crippen molar-refractivity contribution in [3.8, 4) is 11.5 Å². The zero-order valence-corrected chi connectivity index (χ0v) is 18.5. The topological polar surface area (TPSA) is 64.1 Å². The highest BCUT2D eigenvalue weighted by Crippen LogP contribution is 2.34. The number of nitrogens with zero attached hydrogens (tertiary/aromatic N) is 2. The van der Waals surface area contributed by atoms with Crippen LogP contribution in [0.5, 0.6) is 11.5 Å². The number of methoxy groups -OCH3 is 1. The Kier molecular flexibility index (Phi) is 7.41. The molecule has 0 atom stereocenters. The van der Waals surface area contributed by atoms with Crippen molar-refractivity contribution >= 4 is 35.4 Å². The van der Waals surface area contributed by atoms with Gasteiger partial charge in [0.25, 0.3) is 0 Å². The number of aromatic nitrogens is 3. The lowest BCUT2D eigenvalue weighted by molar-refractivity contribution is 0.284. The average Bonchev–Trinajstić information content (AvgIpc) is 3.06. The van der Waals surface area contributed by atoms with Crippen LogP contribution in [-0.2, 0) is 19.6 Å². The number of aryl methyl sites for hydroxylation is 1. The summed E-state index contributed by atoms with van der Waals surface area (Å²) in [6.07, 6.45) is 1.78. The first-order valence-corrected chi connectivity index (χ1v) is 10.3. The van der Waals surface area contributed by atoms with Crippen LogP contribution in [0.4, 0.5) is 0 Å². The molecular formula is C20H22Cl2N4O2S. The van der Waals surface area contributed by atoms with Gasteiger partial charge in [-0.05, 0) is 36.3 Å². The molecule has 154 valence electrons. The van der Waals surface area contributed by atoms with Crippen molar-refractivity contribution in [3.63, 3.8) is 0 Å². The highest BCUT2D eigenvalue weighted by atomic mass is 35.5. The molecule has 0 saturated carbocycles. The Bertz CT molecular complexity index is 1040. The Balaban J connectivity index is 1.75. The van der Waals surface area contributed by atoms with Crippen molar-refractivity contribution in [2.75, 3.05) is 12.5 Å². The van der Waals surface area contributed by atoms with Crippen LogP contribution >= 0.6 is 35.4 Å². The van der Waals surface area contributed by atoms with Crippen molar-refractivity contribution in [3.05, 3.63) is 68.2 Å². The maximum Gasteiger partial charge on any atom is 0.214 e. The number of hydrogen-bond acceptors (Lipinski definition) is 5. The minimum absolute atomic E-state index is 0.314. The number of halogens is 2. The Morgan fingerprint density at radius 1 is 1.14 bits per heavy atom. The summed E-state index contributed by atoms with van der Waals surface area (Å²) in [6.45, 7) is 2.85. The maximum absolute atomic E-state index is 6.49. The number of H-pyrrole nitrogens is 1. The zero-order valence-electron chi connectivity index (χ0n) is 16.2. The third-order valence-electron chi connectivity index (χ3n) is 4.32. The summed E-state index contributed by atoms with van der Waals surface area (Å²) in [5.74, 6) is 1.98. The van der Waals surface area contributed by atoms with Gasteiger partial charge in [-0.1, -0.05) is 48.3 Å². The highest BCUT2D eigenvalue weighted by molar-refractivity contribution is 7.71. The van der Waals surface area contributed by atoms with E-state index < -0.39 is 0 Å². The van der Waals surface area contributed by atoms with Crippen LogP contribution in [0.25, 0.3) is 0 Å². The molecule has 0 unspecified atom stereocenters. The van der Waals surface area contributed by atoms with Gasteiger partial charge in [-0.2, -0.15) is 5.10 Å². The fourth-order valence-electron chi connectivity index (χ4n) is 2.80. The number of benzene rings is 2. The Morgan fingerprint density at radius 3 is 2.66 bits per heavy atom. The first-order valence-electron chi connectivity index (χ1n) is 9.16. The van der Waals surface area contributed by atoms with E-state index in [1.165, 1.54) is 0 Å². The Hall–Kier alpha value is -2.22. The molecule has 0 aliphatic rings.